The van der Waals surface area contributed by atoms with Gasteiger partial charge in [0.25, 0.3) is 0 Å². The molecule has 0 radical (unpaired) electrons. The Morgan fingerprint density at radius 2 is 0.678 bits per heavy atom. The first-order chi connectivity index (χ1) is 29.1. The highest BCUT2D eigenvalue weighted by Gasteiger charge is 2.22. The molecular formula is C53H38N6. The molecule has 0 saturated carbocycles. The average molecular weight is 759 g/mol. The van der Waals surface area contributed by atoms with Crippen molar-refractivity contribution >= 4 is 21.9 Å². The molecule has 59 heavy (non-hydrogen) atoms. The quantitative estimate of drug-likeness (QED) is 0.154. The zero-order valence-corrected chi connectivity index (χ0v) is 32.4. The summed E-state index contributed by atoms with van der Waals surface area (Å²) in [5.74, 6) is 4.29. The predicted molar refractivity (Wildman–Crippen MR) is 240 cm³/mol. The maximum absolute atomic E-state index is 4.99. The van der Waals surface area contributed by atoms with Crippen molar-refractivity contribution in [3.05, 3.63) is 206 Å². The van der Waals surface area contributed by atoms with Crippen LogP contribution in [-0.4, -0.2) is 29.9 Å². The minimum absolute atomic E-state index is 0.264. The van der Waals surface area contributed by atoms with Gasteiger partial charge in [-0.05, 0) is 63.1 Å². The number of hydrogen-bond acceptors (Lipinski definition) is 6. The molecule has 0 bridgehead atoms. The summed E-state index contributed by atoms with van der Waals surface area (Å²) in [6.07, 6.45) is 5.26. The first-order valence-corrected chi connectivity index (χ1v) is 19.9. The van der Waals surface area contributed by atoms with E-state index >= 15 is 0 Å². The van der Waals surface area contributed by atoms with Crippen LogP contribution in [-0.2, 0) is 0 Å². The Morgan fingerprint density at radius 3 is 1.12 bits per heavy atom. The molecule has 2 aromatic heterocycles. The molecule has 6 nitrogen and oxygen atoms in total. The molecule has 280 valence electrons. The lowest BCUT2D eigenvalue weighted by atomic mass is 9.83. The van der Waals surface area contributed by atoms with Gasteiger partial charge in [0.1, 0.15) is 0 Å². The molecule has 1 aliphatic rings. The summed E-state index contributed by atoms with van der Waals surface area (Å²) in [6.45, 7) is 2.29. The SMILES string of the molecule is CC1CC(c2nc(-c3ccccc3)nc(-c3ccccc3)n2)=CC=C1c1ccc2ccc(-c3ccc(-c4nc(-c5ccccc5)nc(-c5ccccc5)n4)cc3)cc2c1. The number of hydrogen-bond donors (Lipinski definition) is 0. The first kappa shape index (κ1) is 35.7. The highest BCUT2D eigenvalue weighted by molar-refractivity contribution is 5.91. The molecule has 0 aliphatic heterocycles. The molecule has 6 heteroatoms. The van der Waals surface area contributed by atoms with Crippen molar-refractivity contribution in [1.29, 1.82) is 0 Å². The number of rotatable bonds is 8. The minimum atomic E-state index is 0.264. The topological polar surface area (TPSA) is 77.3 Å². The van der Waals surface area contributed by atoms with Crippen molar-refractivity contribution in [3.63, 3.8) is 0 Å². The largest absolute Gasteiger partial charge is 0.209 e. The second kappa shape index (κ2) is 15.7. The van der Waals surface area contributed by atoms with Crippen LogP contribution in [0.5, 0.6) is 0 Å². The van der Waals surface area contributed by atoms with Crippen molar-refractivity contribution in [2.75, 3.05) is 0 Å². The van der Waals surface area contributed by atoms with Crippen LogP contribution in [0.3, 0.4) is 0 Å². The van der Waals surface area contributed by atoms with E-state index in [9.17, 15) is 0 Å². The van der Waals surface area contributed by atoms with Gasteiger partial charge in [-0.2, -0.15) is 0 Å². The van der Waals surface area contributed by atoms with E-state index in [1.54, 1.807) is 0 Å². The number of aromatic nitrogens is 6. The molecule has 0 amide bonds. The molecule has 1 atom stereocenters. The Balaban J connectivity index is 0.950. The Bertz CT molecular complexity index is 2880. The number of allylic oxidation sites excluding steroid dienone is 4. The van der Waals surface area contributed by atoms with Gasteiger partial charge in [0.15, 0.2) is 34.9 Å². The smallest absolute Gasteiger partial charge is 0.164 e. The van der Waals surface area contributed by atoms with Gasteiger partial charge in [0.05, 0.1) is 0 Å². The summed E-state index contributed by atoms with van der Waals surface area (Å²) < 4.78 is 0. The zero-order chi connectivity index (χ0) is 39.5. The summed E-state index contributed by atoms with van der Waals surface area (Å²) in [5.41, 5.74) is 10.7. The number of fused-ring (bicyclic) bond motifs is 1. The molecule has 7 aromatic carbocycles. The van der Waals surface area contributed by atoms with Gasteiger partial charge < -0.3 is 0 Å². The molecular weight excluding hydrogens is 721 g/mol. The molecule has 0 spiro atoms. The van der Waals surface area contributed by atoms with Gasteiger partial charge >= 0.3 is 0 Å². The van der Waals surface area contributed by atoms with Crippen LogP contribution in [0.1, 0.15) is 24.7 Å². The predicted octanol–water partition coefficient (Wildman–Crippen LogP) is 12.7. The number of benzene rings is 7. The van der Waals surface area contributed by atoms with Gasteiger partial charge in [-0.1, -0.05) is 189 Å². The summed E-state index contributed by atoms with van der Waals surface area (Å²) in [7, 11) is 0. The lowest BCUT2D eigenvalue weighted by Crippen LogP contribution is -2.09. The van der Waals surface area contributed by atoms with Crippen molar-refractivity contribution in [2.45, 2.75) is 13.3 Å². The van der Waals surface area contributed by atoms with Gasteiger partial charge in [-0.25, -0.2) is 29.9 Å². The van der Waals surface area contributed by atoms with Crippen molar-refractivity contribution in [2.24, 2.45) is 5.92 Å². The monoisotopic (exact) mass is 758 g/mol. The minimum Gasteiger partial charge on any atom is -0.209 e. The highest BCUT2D eigenvalue weighted by atomic mass is 15.0. The second-order valence-electron chi connectivity index (χ2n) is 14.8. The van der Waals surface area contributed by atoms with Crippen LogP contribution in [0.15, 0.2) is 194 Å². The highest BCUT2D eigenvalue weighted by Crippen LogP contribution is 2.38. The van der Waals surface area contributed by atoms with Gasteiger partial charge in [-0.3, -0.25) is 0 Å². The van der Waals surface area contributed by atoms with E-state index in [0.29, 0.717) is 29.1 Å². The molecule has 0 saturated heterocycles. The standard InChI is InChI=1S/C53H38N6/c1-35-32-45(53-58-50(40-18-10-4-11-19-40)55-51(59-53)41-20-12-5-13-21-41)30-31-47(35)44-29-25-37-24-28-43(33-46(37)34-44)36-22-26-42(27-23-36)52-56-48(38-14-6-2-7-15-38)54-49(57-52)39-16-8-3-9-17-39/h2-31,33-35H,32H2,1H3. The Hall–Kier alpha value is -7.70. The van der Waals surface area contributed by atoms with Crippen molar-refractivity contribution in [1.82, 2.24) is 29.9 Å². The molecule has 2 heterocycles. The maximum Gasteiger partial charge on any atom is 0.164 e. The van der Waals surface area contributed by atoms with Crippen LogP contribution >= 0.6 is 0 Å². The molecule has 1 unspecified atom stereocenters. The van der Waals surface area contributed by atoms with Gasteiger partial charge in [0.2, 0.25) is 0 Å². The third kappa shape index (κ3) is 7.47. The van der Waals surface area contributed by atoms with Gasteiger partial charge in [0, 0.05) is 27.8 Å². The third-order valence-electron chi connectivity index (χ3n) is 10.9. The summed E-state index contributed by atoms with van der Waals surface area (Å²) in [5, 5.41) is 2.40. The van der Waals surface area contributed by atoms with Crippen LogP contribution in [0.2, 0.25) is 0 Å². The normalized spacial score (nSPS) is 13.8. The lowest BCUT2D eigenvalue weighted by molar-refractivity contribution is 0.764. The summed E-state index contributed by atoms with van der Waals surface area (Å²) in [4.78, 5) is 29.5. The molecule has 10 rings (SSSR count). The lowest BCUT2D eigenvalue weighted by Gasteiger charge is -2.22. The summed E-state index contributed by atoms with van der Waals surface area (Å²) >= 11 is 0. The fraction of sp³-hybridized carbons (Fsp3) is 0.0566. The van der Waals surface area contributed by atoms with Crippen LogP contribution in [0, 0.1) is 5.92 Å². The maximum atomic E-state index is 4.99. The van der Waals surface area contributed by atoms with Crippen LogP contribution < -0.4 is 0 Å². The average Bonchev–Trinajstić information content (AvgIpc) is 3.32. The molecule has 0 fully saturated rings. The van der Waals surface area contributed by atoms with Crippen LogP contribution in [0.25, 0.3) is 90.0 Å². The van der Waals surface area contributed by atoms with E-state index in [0.717, 1.165) is 56.8 Å². The van der Waals surface area contributed by atoms with E-state index < -0.39 is 0 Å². The van der Waals surface area contributed by atoms with E-state index in [-0.39, 0.29) is 5.92 Å². The van der Waals surface area contributed by atoms with Crippen molar-refractivity contribution in [3.8, 4) is 68.1 Å². The zero-order valence-electron chi connectivity index (χ0n) is 32.4. The fourth-order valence-corrected chi connectivity index (χ4v) is 7.72. The fourth-order valence-electron chi connectivity index (χ4n) is 7.72. The molecule has 1 aliphatic carbocycles. The summed E-state index contributed by atoms with van der Waals surface area (Å²) in [6, 6.07) is 62.4. The molecule has 0 N–H and O–H groups in total. The van der Waals surface area contributed by atoms with Gasteiger partial charge in [-0.15, -0.1) is 0 Å². The Kier molecular flexibility index (Phi) is 9.49. The van der Waals surface area contributed by atoms with E-state index in [2.05, 4.69) is 79.7 Å². The second-order valence-corrected chi connectivity index (χ2v) is 14.8. The van der Waals surface area contributed by atoms with Crippen molar-refractivity contribution < 1.29 is 0 Å². The number of nitrogens with zero attached hydrogens (tertiary/aromatic N) is 6. The molecule has 9 aromatic rings. The van der Waals surface area contributed by atoms with Crippen LogP contribution in [0.4, 0.5) is 0 Å². The Labute approximate surface area is 343 Å². The van der Waals surface area contributed by atoms with E-state index in [1.807, 2.05) is 121 Å². The van der Waals surface area contributed by atoms with E-state index in [1.165, 1.54) is 21.9 Å². The third-order valence-corrected chi connectivity index (χ3v) is 10.9. The first-order valence-electron chi connectivity index (χ1n) is 19.9. The Morgan fingerprint density at radius 1 is 0.322 bits per heavy atom. The van der Waals surface area contributed by atoms with E-state index in [4.69, 9.17) is 29.9 Å².